The smallest absolute Gasteiger partial charge is 0.136 e. The first kappa shape index (κ1) is 12.8. The standard InChI is InChI=1S/C12H14BrNO2S/c1-12(15,10-3-2-6-16-10)8-14-7-9-4-5-11(13)17-9/h2-6,14-15H,7-8H2,1H3. The summed E-state index contributed by atoms with van der Waals surface area (Å²) in [5.41, 5.74) is -0.974. The van der Waals surface area contributed by atoms with Gasteiger partial charge in [-0.3, -0.25) is 0 Å². The molecule has 2 heterocycles. The fourth-order valence-corrected chi connectivity index (χ4v) is 3.00. The minimum atomic E-state index is -0.974. The topological polar surface area (TPSA) is 45.4 Å². The van der Waals surface area contributed by atoms with E-state index in [9.17, 15) is 5.11 Å². The predicted octanol–water partition coefficient (Wildman–Crippen LogP) is 3.10. The van der Waals surface area contributed by atoms with Gasteiger partial charge >= 0.3 is 0 Å². The van der Waals surface area contributed by atoms with Gasteiger partial charge in [-0.2, -0.15) is 0 Å². The average Bonchev–Trinajstić information content (AvgIpc) is 2.89. The number of hydrogen-bond donors (Lipinski definition) is 2. The Morgan fingerprint density at radius 2 is 2.29 bits per heavy atom. The van der Waals surface area contributed by atoms with Gasteiger partial charge in [0.05, 0.1) is 10.0 Å². The summed E-state index contributed by atoms with van der Waals surface area (Å²) >= 11 is 5.11. The molecule has 0 radical (unpaired) electrons. The Morgan fingerprint density at radius 3 is 2.88 bits per heavy atom. The van der Waals surface area contributed by atoms with Crippen molar-refractivity contribution in [2.24, 2.45) is 0 Å². The van der Waals surface area contributed by atoms with Crippen LogP contribution in [0.15, 0.2) is 38.7 Å². The van der Waals surface area contributed by atoms with Crippen LogP contribution < -0.4 is 5.32 Å². The van der Waals surface area contributed by atoms with Crippen LogP contribution in [0, 0.1) is 0 Å². The lowest BCUT2D eigenvalue weighted by atomic mass is 10.0. The molecule has 1 atom stereocenters. The molecular weight excluding hydrogens is 302 g/mol. The molecule has 0 aromatic carbocycles. The first-order valence-corrected chi connectivity index (χ1v) is 6.90. The van der Waals surface area contributed by atoms with E-state index < -0.39 is 5.60 Å². The number of nitrogens with one attached hydrogen (secondary N) is 1. The van der Waals surface area contributed by atoms with Crippen LogP contribution >= 0.6 is 27.3 Å². The highest BCUT2D eigenvalue weighted by Crippen LogP contribution is 2.23. The van der Waals surface area contributed by atoms with Crippen LogP contribution in [-0.4, -0.2) is 11.7 Å². The molecule has 1 unspecified atom stereocenters. The highest BCUT2D eigenvalue weighted by molar-refractivity contribution is 9.11. The van der Waals surface area contributed by atoms with Gasteiger partial charge in [0.2, 0.25) is 0 Å². The van der Waals surface area contributed by atoms with Gasteiger partial charge in [0.15, 0.2) is 0 Å². The van der Waals surface area contributed by atoms with E-state index in [0.29, 0.717) is 12.3 Å². The second-order valence-corrected chi connectivity index (χ2v) is 6.61. The molecule has 0 aliphatic heterocycles. The first-order valence-electron chi connectivity index (χ1n) is 5.29. The molecule has 0 saturated heterocycles. The largest absolute Gasteiger partial charge is 0.466 e. The van der Waals surface area contributed by atoms with E-state index in [1.807, 2.05) is 6.07 Å². The van der Waals surface area contributed by atoms with Crippen molar-refractivity contribution in [3.8, 4) is 0 Å². The zero-order chi connectivity index (χ0) is 12.3. The summed E-state index contributed by atoms with van der Waals surface area (Å²) < 4.78 is 6.33. The number of rotatable bonds is 5. The van der Waals surface area contributed by atoms with Crippen molar-refractivity contribution >= 4 is 27.3 Å². The molecule has 0 aliphatic rings. The van der Waals surface area contributed by atoms with Crippen molar-refractivity contribution in [1.29, 1.82) is 0 Å². The lowest BCUT2D eigenvalue weighted by Gasteiger charge is -2.20. The number of aliphatic hydroxyl groups is 1. The van der Waals surface area contributed by atoms with Crippen molar-refractivity contribution in [3.63, 3.8) is 0 Å². The Bertz CT molecular complexity index is 465. The third-order valence-corrected chi connectivity index (χ3v) is 4.07. The maximum absolute atomic E-state index is 10.2. The molecule has 3 nitrogen and oxygen atoms in total. The Balaban J connectivity index is 1.86. The number of halogens is 1. The summed E-state index contributed by atoms with van der Waals surface area (Å²) in [6.45, 7) is 2.94. The van der Waals surface area contributed by atoms with Crippen LogP contribution in [0.4, 0.5) is 0 Å². The maximum Gasteiger partial charge on any atom is 0.136 e. The summed E-state index contributed by atoms with van der Waals surface area (Å²) in [6, 6.07) is 7.64. The normalized spacial score (nSPS) is 14.8. The Morgan fingerprint density at radius 1 is 1.47 bits per heavy atom. The highest BCUT2D eigenvalue weighted by Gasteiger charge is 2.25. The lowest BCUT2D eigenvalue weighted by Crippen LogP contribution is -2.34. The van der Waals surface area contributed by atoms with Crippen molar-refractivity contribution in [2.45, 2.75) is 19.1 Å². The predicted molar refractivity (Wildman–Crippen MR) is 72.0 cm³/mol. The van der Waals surface area contributed by atoms with Crippen LogP contribution in [-0.2, 0) is 12.1 Å². The molecule has 2 aromatic heterocycles. The fourth-order valence-electron chi connectivity index (χ4n) is 1.55. The molecule has 0 saturated carbocycles. The van der Waals surface area contributed by atoms with E-state index in [2.05, 4.69) is 27.3 Å². The SMILES string of the molecule is CC(O)(CNCc1ccc(Br)s1)c1ccco1. The molecule has 0 fully saturated rings. The van der Waals surface area contributed by atoms with Gasteiger partial charge in [-0.25, -0.2) is 0 Å². The second kappa shape index (κ2) is 5.35. The van der Waals surface area contributed by atoms with Crippen LogP contribution in [0.25, 0.3) is 0 Å². The van der Waals surface area contributed by atoms with Crippen LogP contribution in [0.2, 0.25) is 0 Å². The van der Waals surface area contributed by atoms with Crippen molar-refractivity contribution in [2.75, 3.05) is 6.54 Å². The first-order chi connectivity index (χ1) is 8.08. The Kier molecular flexibility index (Phi) is 4.04. The Hall–Kier alpha value is -0.620. The molecule has 5 heteroatoms. The third kappa shape index (κ3) is 3.42. The molecule has 0 bridgehead atoms. The minimum Gasteiger partial charge on any atom is -0.466 e. The molecule has 17 heavy (non-hydrogen) atoms. The van der Waals surface area contributed by atoms with Crippen molar-refractivity contribution in [1.82, 2.24) is 5.32 Å². The zero-order valence-corrected chi connectivity index (χ0v) is 11.8. The van der Waals surface area contributed by atoms with E-state index in [-0.39, 0.29) is 0 Å². The molecule has 0 amide bonds. The van der Waals surface area contributed by atoms with Crippen molar-refractivity contribution in [3.05, 3.63) is 45.0 Å². The number of thiophene rings is 1. The van der Waals surface area contributed by atoms with Gasteiger partial charge in [-0.1, -0.05) is 0 Å². The third-order valence-electron chi connectivity index (χ3n) is 2.45. The fraction of sp³-hybridized carbons (Fsp3) is 0.333. The van der Waals surface area contributed by atoms with Gasteiger partial charge < -0.3 is 14.8 Å². The Labute approximate surface area is 113 Å². The monoisotopic (exact) mass is 315 g/mol. The van der Waals surface area contributed by atoms with Gasteiger partial charge in [-0.15, -0.1) is 11.3 Å². The number of hydrogen-bond acceptors (Lipinski definition) is 4. The highest BCUT2D eigenvalue weighted by atomic mass is 79.9. The summed E-state index contributed by atoms with van der Waals surface area (Å²) in [4.78, 5) is 1.23. The van der Waals surface area contributed by atoms with E-state index in [4.69, 9.17) is 4.42 Å². The molecule has 2 rings (SSSR count). The zero-order valence-electron chi connectivity index (χ0n) is 9.44. The quantitative estimate of drug-likeness (QED) is 0.891. The van der Waals surface area contributed by atoms with Gasteiger partial charge in [0.1, 0.15) is 11.4 Å². The van der Waals surface area contributed by atoms with Crippen LogP contribution in [0.1, 0.15) is 17.6 Å². The summed E-state index contributed by atoms with van der Waals surface area (Å²) in [5.74, 6) is 0.581. The summed E-state index contributed by atoms with van der Waals surface area (Å²) in [5, 5.41) is 13.4. The van der Waals surface area contributed by atoms with Crippen LogP contribution in [0.5, 0.6) is 0 Å². The molecule has 0 spiro atoms. The van der Waals surface area contributed by atoms with Crippen LogP contribution in [0.3, 0.4) is 0 Å². The van der Waals surface area contributed by atoms with Gasteiger partial charge in [-0.05, 0) is 47.1 Å². The van der Waals surface area contributed by atoms with E-state index >= 15 is 0 Å². The minimum absolute atomic E-state index is 0.454. The average molecular weight is 316 g/mol. The number of furan rings is 1. The molecule has 0 aliphatic carbocycles. The molecular formula is C12H14BrNO2S. The molecule has 2 aromatic rings. The second-order valence-electron chi connectivity index (χ2n) is 4.06. The van der Waals surface area contributed by atoms with E-state index in [1.54, 1.807) is 36.7 Å². The lowest BCUT2D eigenvalue weighted by molar-refractivity contribution is 0.0341. The maximum atomic E-state index is 10.2. The van der Waals surface area contributed by atoms with E-state index in [0.717, 1.165) is 10.3 Å². The summed E-state index contributed by atoms with van der Waals surface area (Å²) in [6.07, 6.45) is 1.57. The van der Waals surface area contributed by atoms with Crippen molar-refractivity contribution < 1.29 is 9.52 Å². The van der Waals surface area contributed by atoms with E-state index in [1.165, 1.54) is 4.88 Å². The summed E-state index contributed by atoms with van der Waals surface area (Å²) in [7, 11) is 0. The van der Waals surface area contributed by atoms with Gasteiger partial charge in [0.25, 0.3) is 0 Å². The molecule has 92 valence electrons. The molecule has 2 N–H and O–H groups in total. The van der Waals surface area contributed by atoms with Gasteiger partial charge in [0, 0.05) is 18.0 Å².